The summed E-state index contributed by atoms with van der Waals surface area (Å²) >= 11 is 0. The fourth-order valence-electron chi connectivity index (χ4n) is 4.93. The van der Waals surface area contributed by atoms with Crippen molar-refractivity contribution in [1.82, 2.24) is 14.7 Å². The molecule has 134 valence electrons. The summed E-state index contributed by atoms with van der Waals surface area (Å²) in [5.74, 6) is 2.80. The van der Waals surface area contributed by atoms with Crippen molar-refractivity contribution >= 4 is 0 Å². The predicted molar refractivity (Wildman–Crippen MR) is 98.8 cm³/mol. The van der Waals surface area contributed by atoms with E-state index in [2.05, 4.69) is 42.4 Å². The molecule has 0 N–H and O–H groups in total. The van der Waals surface area contributed by atoms with Crippen LogP contribution in [0.5, 0.6) is 0 Å². The lowest BCUT2D eigenvalue weighted by Gasteiger charge is -2.46. The van der Waals surface area contributed by atoms with Gasteiger partial charge in [0.25, 0.3) is 0 Å². The number of piperidine rings is 2. The third-order valence-electron chi connectivity index (χ3n) is 6.82. The normalized spacial score (nSPS) is 27.9. The second-order valence-electron chi connectivity index (χ2n) is 9.06. The van der Waals surface area contributed by atoms with E-state index in [0.717, 1.165) is 29.8 Å². The third-order valence-corrected chi connectivity index (χ3v) is 6.82. The lowest BCUT2D eigenvalue weighted by atomic mass is 9.85. The summed E-state index contributed by atoms with van der Waals surface area (Å²) < 4.78 is 0. The summed E-state index contributed by atoms with van der Waals surface area (Å²) in [6.07, 6.45) is 5.69. The standard InChI is InChI=1S/C20H39N3/c1-16(2)19-5-11-22(12-6-19)20-7-9-21(10-8-20)13-18-14-23(15-18)17(3)4/h16-20H,5-15H2,1-4H3. The molecule has 0 aliphatic carbocycles. The molecule has 3 fully saturated rings. The van der Waals surface area contributed by atoms with E-state index >= 15 is 0 Å². The number of rotatable bonds is 5. The van der Waals surface area contributed by atoms with Crippen LogP contribution in [0.1, 0.15) is 53.4 Å². The Hall–Kier alpha value is -0.120. The monoisotopic (exact) mass is 321 g/mol. The highest BCUT2D eigenvalue weighted by Gasteiger charge is 2.33. The molecule has 3 saturated heterocycles. The van der Waals surface area contributed by atoms with E-state index in [9.17, 15) is 0 Å². The molecule has 3 rings (SSSR count). The van der Waals surface area contributed by atoms with Crippen molar-refractivity contribution in [3.8, 4) is 0 Å². The predicted octanol–water partition coefficient (Wildman–Crippen LogP) is 3.16. The third kappa shape index (κ3) is 4.49. The first-order valence-electron chi connectivity index (χ1n) is 10.2. The minimum absolute atomic E-state index is 0.741. The maximum absolute atomic E-state index is 2.82. The summed E-state index contributed by atoms with van der Waals surface area (Å²) in [5.41, 5.74) is 0. The summed E-state index contributed by atoms with van der Waals surface area (Å²) in [5, 5.41) is 0. The quantitative estimate of drug-likeness (QED) is 0.770. The van der Waals surface area contributed by atoms with Crippen molar-refractivity contribution in [2.75, 3.05) is 45.8 Å². The largest absolute Gasteiger partial charge is 0.303 e. The van der Waals surface area contributed by atoms with E-state index < -0.39 is 0 Å². The van der Waals surface area contributed by atoms with Crippen LogP contribution in [0.15, 0.2) is 0 Å². The zero-order chi connectivity index (χ0) is 16.4. The average molecular weight is 322 g/mol. The average Bonchev–Trinajstić information content (AvgIpc) is 2.51. The van der Waals surface area contributed by atoms with Gasteiger partial charge < -0.3 is 14.7 Å². The van der Waals surface area contributed by atoms with Gasteiger partial charge >= 0.3 is 0 Å². The highest BCUT2D eigenvalue weighted by atomic mass is 15.2. The van der Waals surface area contributed by atoms with Crippen LogP contribution in [-0.2, 0) is 0 Å². The highest BCUT2D eigenvalue weighted by molar-refractivity contribution is 4.88. The highest BCUT2D eigenvalue weighted by Crippen LogP contribution is 2.28. The second kappa shape index (κ2) is 7.84. The number of likely N-dealkylation sites (tertiary alicyclic amines) is 3. The molecule has 0 atom stereocenters. The van der Waals surface area contributed by atoms with Crippen LogP contribution >= 0.6 is 0 Å². The molecule has 3 aliphatic rings. The Bertz CT molecular complexity index is 346. The molecule has 3 aliphatic heterocycles. The molecular weight excluding hydrogens is 282 g/mol. The van der Waals surface area contributed by atoms with Gasteiger partial charge in [-0.25, -0.2) is 0 Å². The molecule has 3 heterocycles. The van der Waals surface area contributed by atoms with Crippen molar-refractivity contribution in [3.05, 3.63) is 0 Å². The van der Waals surface area contributed by atoms with Crippen molar-refractivity contribution in [1.29, 1.82) is 0 Å². The molecule has 0 bridgehead atoms. The first-order chi connectivity index (χ1) is 11.0. The molecule has 0 unspecified atom stereocenters. The van der Waals surface area contributed by atoms with Crippen molar-refractivity contribution in [2.45, 2.75) is 65.5 Å². The van der Waals surface area contributed by atoms with Crippen molar-refractivity contribution in [2.24, 2.45) is 17.8 Å². The van der Waals surface area contributed by atoms with Crippen LogP contribution < -0.4 is 0 Å². The molecule has 0 radical (unpaired) electrons. The zero-order valence-electron chi connectivity index (χ0n) is 16.0. The van der Waals surface area contributed by atoms with Gasteiger partial charge in [-0.05, 0) is 83.5 Å². The Morgan fingerprint density at radius 1 is 0.826 bits per heavy atom. The SMILES string of the molecule is CC(C)C1CCN(C2CCN(CC3CN(C(C)C)C3)CC2)CC1. The van der Waals surface area contributed by atoms with E-state index in [1.807, 2.05) is 0 Å². The molecule has 0 aromatic rings. The van der Waals surface area contributed by atoms with E-state index in [4.69, 9.17) is 0 Å². The molecule has 3 heteroatoms. The molecule has 0 saturated carbocycles. The van der Waals surface area contributed by atoms with E-state index in [-0.39, 0.29) is 0 Å². The molecule has 0 spiro atoms. The number of hydrogen-bond acceptors (Lipinski definition) is 3. The van der Waals surface area contributed by atoms with Gasteiger partial charge in [0, 0.05) is 31.7 Å². The molecular formula is C20H39N3. The Morgan fingerprint density at radius 3 is 1.96 bits per heavy atom. The molecule has 23 heavy (non-hydrogen) atoms. The minimum atomic E-state index is 0.741. The fraction of sp³-hybridized carbons (Fsp3) is 1.00. The van der Waals surface area contributed by atoms with Crippen molar-refractivity contribution < 1.29 is 0 Å². The summed E-state index contributed by atoms with van der Waals surface area (Å²) in [7, 11) is 0. The number of nitrogens with zero attached hydrogens (tertiary/aromatic N) is 3. The summed E-state index contributed by atoms with van der Waals surface area (Å²) in [6, 6.07) is 1.62. The van der Waals surface area contributed by atoms with Gasteiger partial charge in [0.05, 0.1) is 0 Å². The Balaban J connectivity index is 1.33. The van der Waals surface area contributed by atoms with Crippen LogP contribution in [0.3, 0.4) is 0 Å². The zero-order valence-corrected chi connectivity index (χ0v) is 16.0. The maximum Gasteiger partial charge on any atom is 0.0120 e. The Kier molecular flexibility index (Phi) is 6.03. The minimum Gasteiger partial charge on any atom is -0.303 e. The molecule has 0 amide bonds. The van der Waals surface area contributed by atoms with Gasteiger partial charge in [-0.2, -0.15) is 0 Å². The number of hydrogen-bond donors (Lipinski definition) is 0. The van der Waals surface area contributed by atoms with Gasteiger partial charge in [-0.15, -0.1) is 0 Å². The van der Waals surface area contributed by atoms with E-state index in [1.54, 1.807) is 0 Å². The van der Waals surface area contributed by atoms with Crippen LogP contribution in [0.25, 0.3) is 0 Å². The van der Waals surface area contributed by atoms with Gasteiger partial charge in [0.1, 0.15) is 0 Å². The van der Waals surface area contributed by atoms with Crippen LogP contribution in [0, 0.1) is 17.8 Å². The fourth-order valence-corrected chi connectivity index (χ4v) is 4.93. The smallest absolute Gasteiger partial charge is 0.0120 e. The first-order valence-corrected chi connectivity index (χ1v) is 10.2. The van der Waals surface area contributed by atoms with Crippen LogP contribution in [0.2, 0.25) is 0 Å². The van der Waals surface area contributed by atoms with Crippen LogP contribution in [-0.4, -0.2) is 72.6 Å². The van der Waals surface area contributed by atoms with Gasteiger partial charge in [-0.3, -0.25) is 0 Å². The van der Waals surface area contributed by atoms with Gasteiger partial charge in [0.2, 0.25) is 0 Å². The second-order valence-corrected chi connectivity index (χ2v) is 9.06. The molecule has 0 aromatic heterocycles. The first kappa shape index (κ1) is 17.7. The summed E-state index contributed by atoms with van der Waals surface area (Å²) in [6.45, 7) is 18.9. The topological polar surface area (TPSA) is 9.72 Å². The van der Waals surface area contributed by atoms with E-state index in [0.29, 0.717) is 0 Å². The van der Waals surface area contributed by atoms with Gasteiger partial charge in [-0.1, -0.05) is 13.8 Å². The van der Waals surface area contributed by atoms with E-state index in [1.165, 1.54) is 71.5 Å². The van der Waals surface area contributed by atoms with Gasteiger partial charge in [0.15, 0.2) is 0 Å². The molecule has 3 nitrogen and oxygen atoms in total. The summed E-state index contributed by atoms with van der Waals surface area (Å²) in [4.78, 5) is 8.18. The Labute approximate surface area is 144 Å². The molecule has 0 aromatic carbocycles. The van der Waals surface area contributed by atoms with Crippen LogP contribution in [0.4, 0.5) is 0 Å². The maximum atomic E-state index is 2.82. The lowest BCUT2D eigenvalue weighted by molar-refractivity contribution is 0.0221. The Morgan fingerprint density at radius 2 is 1.43 bits per heavy atom. The van der Waals surface area contributed by atoms with Crippen molar-refractivity contribution in [3.63, 3.8) is 0 Å². The lowest BCUT2D eigenvalue weighted by Crippen LogP contribution is -2.55.